The highest BCUT2D eigenvalue weighted by atomic mass is 35.5. The van der Waals surface area contributed by atoms with Gasteiger partial charge in [0.1, 0.15) is 6.04 Å². The molecule has 2 heterocycles. The molecule has 28 heavy (non-hydrogen) atoms. The zero-order valence-corrected chi connectivity index (χ0v) is 16.1. The summed E-state index contributed by atoms with van der Waals surface area (Å²) < 4.78 is 0. The third-order valence-corrected chi connectivity index (χ3v) is 5.15. The number of aromatic amines is 2. The first kappa shape index (κ1) is 18.6. The Labute approximate surface area is 169 Å². The molecule has 7 nitrogen and oxygen atoms in total. The van der Waals surface area contributed by atoms with Crippen molar-refractivity contribution in [1.82, 2.24) is 14.9 Å². The number of carbonyl (C=O) groups is 2. The van der Waals surface area contributed by atoms with Crippen LogP contribution in [0.4, 0.5) is 5.69 Å². The lowest BCUT2D eigenvalue weighted by Crippen LogP contribution is -2.43. The van der Waals surface area contributed by atoms with Gasteiger partial charge in [-0.2, -0.15) is 0 Å². The molecule has 2 amide bonds. The molecule has 0 radical (unpaired) electrons. The van der Waals surface area contributed by atoms with E-state index in [-0.39, 0.29) is 17.5 Å². The quantitative estimate of drug-likeness (QED) is 0.607. The van der Waals surface area contributed by atoms with Gasteiger partial charge in [0.2, 0.25) is 5.91 Å². The van der Waals surface area contributed by atoms with E-state index in [1.807, 2.05) is 0 Å². The van der Waals surface area contributed by atoms with Crippen LogP contribution in [0.5, 0.6) is 0 Å². The van der Waals surface area contributed by atoms with Crippen LogP contribution in [0, 0.1) is 0 Å². The predicted octanol–water partition coefficient (Wildman–Crippen LogP) is 3.41. The second-order valence-electron chi connectivity index (χ2n) is 6.64. The normalized spacial score (nSPS) is 16.5. The van der Waals surface area contributed by atoms with Crippen molar-refractivity contribution in [2.45, 2.75) is 18.9 Å². The third kappa shape index (κ3) is 3.63. The minimum atomic E-state index is -0.591. The zero-order valence-electron chi connectivity index (χ0n) is 14.6. The Morgan fingerprint density at radius 2 is 1.75 bits per heavy atom. The zero-order chi connectivity index (χ0) is 19.8. The second-order valence-corrected chi connectivity index (χ2v) is 7.52. The highest BCUT2D eigenvalue weighted by Gasteiger charge is 2.34. The summed E-state index contributed by atoms with van der Waals surface area (Å²) in [7, 11) is 0. The number of anilines is 1. The lowest BCUT2D eigenvalue weighted by atomic mass is 10.1. The highest BCUT2D eigenvalue weighted by Crippen LogP contribution is 2.25. The van der Waals surface area contributed by atoms with E-state index in [1.165, 1.54) is 4.90 Å². The molecule has 2 aromatic carbocycles. The van der Waals surface area contributed by atoms with Crippen LogP contribution in [-0.2, 0) is 4.79 Å². The Balaban J connectivity index is 1.53. The number of nitrogens with one attached hydrogen (secondary N) is 3. The third-order valence-electron chi connectivity index (χ3n) is 4.71. The Morgan fingerprint density at radius 3 is 2.50 bits per heavy atom. The number of fused-ring (bicyclic) bond motifs is 1. The van der Waals surface area contributed by atoms with Crippen molar-refractivity contribution in [3.63, 3.8) is 0 Å². The van der Waals surface area contributed by atoms with E-state index in [0.717, 1.165) is 6.42 Å². The minimum absolute atomic E-state index is 0.281. The smallest absolute Gasteiger partial charge is 0.323 e. The molecule has 0 aliphatic carbocycles. The maximum Gasteiger partial charge on any atom is 0.323 e. The van der Waals surface area contributed by atoms with Gasteiger partial charge in [-0.05, 0) is 49.2 Å². The molecule has 1 aliphatic rings. The largest absolute Gasteiger partial charge is 0.327 e. The van der Waals surface area contributed by atoms with E-state index in [2.05, 4.69) is 15.3 Å². The summed E-state index contributed by atoms with van der Waals surface area (Å²) in [6.45, 7) is 0.477. The molecule has 144 valence electrons. The fourth-order valence-electron chi connectivity index (χ4n) is 3.46. The Bertz CT molecular complexity index is 1120. The summed E-state index contributed by atoms with van der Waals surface area (Å²) in [6.07, 6.45) is 1.29. The van der Waals surface area contributed by atoms with Gasteiger partial charge < -0.3 is 20.2 Å². The number of rotatable bonds is 3. The van der Waals surface area contributed by atoms with Crippen molar-refractivity contribution in [3.8, 4) is 0 Å². The molecule has 3 aromatic rings. The van der Waals surface area contributed by atoms with E-state index < -0.39 is 6.04 Å². The molecule has 1 aromatic heterocycles. The van der Waals surface area contributed by atoms with Crippen molar-refractivity contribution in [2.24, 2.45) is 0 Å². The first-order chi connectivity index (χ1) is 13.4. The molecule has 1 saturated heterocycles. The summed E-state index contributed by atoms with van der Waals surface area (Å²) in [4.78, 5) is 43.9. The fraction of sp³-hybridized carbons (Fsp3) is 0.211. The van der Waals surface area contributed by atoms with Gasteiger partial charge in [0, 0.05) is 27.8 Å². The van der Waals surface area contributed by atoms with Gasteiger partial charge in [-0.3, -0.25) is 9.59 Å². The first-order valence-corrected chi connectivity index (χ1v) is 9.46. The van der Waals surface area contributed by atoms with Gasteiger partial charge in [0.15, 0.2) is 0 Å². The van der Waals surface area contributed by atoms with Crippen molar-refractivity contribution in [1.29, 1.82) is 0 Å². The van der Waals surface area contributed by atoms with Gasteiger partial charge in [0.25, 0.3) is 5.91 Å². The molecule has 1 unspecified atom stereocenters. The average molecular weight is 419 g/mol. The average Bonchev–Trinajstić information content (AvgIpc) is 3.25. The number of H-pyrrole nitrogens is 2. The standard InChI is InChI=1S/C19H16Cl2N4O3/c20-11-6-10(7-12(21)8-11)18(27)25-5-1-2-16(25)17(26)22-13-3-4-14-15(9-13)24-19(28)23-14/h3-4,6-9,16H,1-2,5H2,(H,22,26)(H2,23,24,28). The highest BCUT2D eigenvalue weighted by molar-refractivity contribution is 6.35. The van der Waals surface area contributed by atoms with Gasteiger partial charge in [-0.15, -0.1) is 0 Å². The number of hydrogen-bond acceptors (Lipinski definition) is 3. The summed E-state index contributed by atoms with van der Waals surface area (Å²) in [6, 6.07) is 9.11. The van der Waals surface area contributed by atoms with Crippen LogP contribution in [0.3, 0.4) is 0 Å². The second kappa shape index (κ2) is 7.33. The van der Waals surface area contributed by atoms with Crippen molar-refractivity contribution in [3.05, 3.63) is 62.5 Å². The number of nitrogens with zero attached hydrogens (tertiary/aromatic N) is 1. The van der Waals surface area contributed by atoms with Crippen LogP contribution >= 0.6 is 23.2 Å². The number of likely N-dealkylation sites (tertiary alicyclic amines) is 1. The monoisotopic (exact) mass is 418 g/mol. The number of imidazole rings is 1. The molecule has 1 fully saturated rings. The van der Waals surface area contributed by atoms with E-state index in [1.54, 1.807) is 36.4 Å². The lowest BCUT2D eigenvalue weighted by Gasteiger charge is -2.24. The summed E-state index contributed by atoms with van der Waals surface area (Å²) in [5, 5.41) is 3.55. The maximum absolute atomic E-state index is 12.9. The molecule has 0 spiro atoms. The van der Waals surface area contributed by atoms with Crippen LogP contribution in [0.25, 0.3) is 11.0 Å². The van der Waals surface area contributed by atoms with Gasteiger partial charge in [-0.1, -0.05) is 23.2 Å². The number of carbonyl (C=O) groups excluding carboxylic acids is 2. The number of benzene rings is 2. The van der Waals surface area contributed by atoms with Crippen LogP contribution in [0.1, 0.15) is 23.2 Å². The van der Waals surface area contributed by atoms with Crippen molar-refractivity contribution >= 4 is 51.7 Å². The summed E-state index contributed by atoms with van der Waals surface area (Å²) >= 11 is 12.0. The molecule has 9 heteroatoms. The van der Waals surface area contributed by atoms with E-state index in [0.29, 0.717) is 45.3 Å². The maximum atomic E-state index is 12.9. The number of hydrogen-bond donors (Lipinski definition) is 3. The SMILES string of the molecule is O=C(Nc1ccc2[nH]c(=O)[nH]c2c1)C1CCCN1C(=O)c1cc(Cl)cc(Cl)c1. The molecule has 4 rings (SSSR count). The Kier molecular flexibility index (Phi) is 4.87. The summed E-state index contributed by atoms with van der Waals surface area (Å²) in [5.74, 6) is -0.566. The predicted molar refractivity (Wildman–Crippen MR) is 108 cm³/mol. The lowest BCUT2D eigenvalue weighted by molar-refractivity contribution is -0.119. The van der Waals surface area contributed by atoms with E-state index in [4.69, 9.17) is 23.2 Å². The van der Waals surface area contributed by atoms with Gasteiger partial charge in [-0.25, -0.2) is 4.79 Å². The molecular weight excluding hydrogens is 403 g/mol. The topological polar surface area (TPSA) is 98.1 Å². The summed E-state index contributed by atoms with van der Waals surface area (Å²) in [5.41, 5.74) is 1.82. The first-order valence-electron chi connectivity index (χ1n) is 8.71. The molecule has 1 atom stereocenters. The molecule has 3 N–H and O–H groups in total. The Morgan fingerprint density at radius 1 is 1.04 bits per heavy atom. The molecule has 1 aliphatic heterocycles. The Hall–Kier alpha value is -2.77. The minimum Gasteiger partial charge on any atom is -0.327 e. The number of amides is 2. The van der Waals surface area contributed by atoms with Gasteiger partial charge >= 0.3 is 5.69 Å². The van der Waals surface area contributed by atoms with E-state index >= 15 is 0 Å². The number of halogens is 2. The van der Waals surface area contributed by atoms with Crippen LogP contribution in [-0.4, -0.2) is 39.3 Å². The molecule has 0 bridgehead atoms. The van der Waals surface area contributed by atoms with Crippen molar-refractivity contribution < 1.29 is 9.59 Å². The van der Waals surface area contributed by atoms with Crippen molar-refractivity contribution in [2.75, 3.05) is 11.9 Å². The molecular formula is C19H16Cl2N4O3. The van der Waals surface area contributed by atoms with Crippen LogP contribution in [0.15, 0.2) is 41.2 Å². The fourth-order valence-corrected chi connectivity index (χ4v) is 3.99. The molecule has 0 saturated carbocycles. The number of aromatic nitrogens is 2. The van der Waals surface area contributed by atoms with E-state index in [9.17, 15) is 14.4 Å². The van der Waals surface area contributed by atoms with Crippen LogP contribution in [0.2, 0.25) is 10.0 Å². The van der Waals surface area contributed by atoms with Crippen LogP contribution < -0.4 is 11.0 Å². The van der Waals surface area contributed by atoms with Gasteiger partial charge in [0.05, 0.1) is 11.0 Å².